The summed E-state index contributed by atoms with van der Waals surface area (Å²) in [6, 6.07) is 8.12. The summed E-state index contributed by atoms with van der Waals surface area (Å²) in [5.74, 6) is 0.877. The molecule has 16 heavy (non-hydrogen) atoms. The topological polar surface area (TPSA) is 59.0 Å². The van der Waals surface area contributed by atoms with Crippen LogP contribution in [-0.2, 0) is 0 Å². The molecule has 86 valence electrons. The Morgan fingerprint density at radius 2 is 2.25 bits per heavy atom. The molecule has 0 saturated carbocycles. The normalized spacial score (nSPS) is 11.9. The van der Waals surface area contributed by atoms with Gasteiger partial charge in [0.1, 0.15) is 5.75 Å². The van der Waals surface area contributed by atoms with E-state index in [1.54, 1.807) is 0 Å². The standard InChI is InChI=1S/C13H18N2O/c1-10-9-12(11(2)15)5-6-13(10)16-8-4-3-7-14/h5-6,9,11H,3-4,8,15H2,1-2H3/t11-/m1/s1. The Hall–Kier alpha value is -1.53. The first-order chi connectivity index (χ1) is 7.65. The molecule has 0 spiro atoms. The summed E-state index contributed by atoms with van der Waals surface area (Å²) in [4.78, 5) is 0. The molecule has 0 unspecified atom stereocenters. The fraction of sp³-hybridized carbons (Fsp3) is 0.462. The van der Waals surface area contributed by atoms with Gasteiger partial charge in [-0.2, -0.15) is 5.26 Å². The Kier molecular flexibility index (Phi) is 4.81. The Labute approximate surface area is 96.8 Å². The van der Waals surface area contributed by atoms with Gasteiger partial charge in [0.15, 0.2) is 0 Å². The van der Waals surface area contributed by atoms with E-state index in [-0.39, 0.29) is 6.04 Å². The summed E-state index contributed by atoms with van der Waals surface area (Å²) >= 11 is 0. The lowest BCUT2D eigenvalue weighted by atomic mass is 10.1. The minimum Gasteiger partial charge on any atom is -0.493 e. The first kappa shape index (κ1) is 12.5. The Morgan fingerprint density at radius 1 is 1.50 bits per heavy atom. The summed E-state index contributed by atoms with van der Waals surface area (Å²) in [5.41, 5.74) is 8.00. The minimum atomic E-state index is 0.0475. The highest BCUT2D eigenvalue weighted by atomic mass is 16.5. The molecule has 3 heteroatoms. The van der Waals surface area contributed by atoms with Crippen LogP contribution in [-0.4, -0.2) is 6.61 Å². The van der Waals surface area contributed by atoms with Crippen LogP contribution in [0.5, 0.6) is 5.75 Å². The van der Waals surface area contributed by atoms with Gasteiger partial charge in [-0.3, -0.25) is 0 Å². The summed E-state index contributed by atoms with van der Waals surface area (Å²) in [7, 11) is 0. The van der Waals surface area contributed by atoms with Gasteiger partial charge >= 0.3 is 0 Å². The number of nitriles is 1. The number of benzene rings is 1. The number of nitrogens with zero attached hydrogens (tertiary/aromatic N) is 1. The minimum absolute atomic E-state index is 0.0475. The van der Waals surface area contributed by atoms with Crippen molar-refractivity contribution in [2.45, 2.75) is 32.7 Å². The van der Waals surface area contributed by atoms with E-state index in [0.29, 0.717) is 13.0 Å². The summed E-state index contributed by atoms with van der Waals surface area (Å²) in [6.45, 7) is 4.56. The molecule has 3 nitrogen and oxygen atoms in total. The molecular weight excluding hydrogens is 200 g/mol. The molecule has 0 bridgehead atoms. The summed E-state index contributed by atoms with van der Waals surface area (Å²) < 4.78 is 5.58. The third kappa shape index (κ3) is 3.56. The van der Waals surface area contributed by atoms with Gasteiger partial charge in [0.05, 0.1) is 12.7 Å². The van der Waals surface area contributed by atoms with E-state index in [1.165, 1.54) is 0 Å². The Bertz CT molecular complexity index is 380. The van der Waals surface area contributed by atoms with Gasteiger partial charge in [-0.05, 0) is 37.5 Å². The molecule has 0 aliphatic rings. The van der Waals surface area contributed by atoms with Crippen LogP contribution < -0.4 is 10.5 Å². The average molecular weight is 218 g/mol. The van der Waals surface area contributed by atoms with E-state index >= 15 is 0 Å². The van der Waals surface area contributed by atoms with Crippen molar-refractivity contribution in [1.29, 1.82) is 5.26 Å². The second-order valence-electron chi connectivity index (χ2n) is 3.92. The van der Waals surface area contributed by atoms with E-state index in [4.69, 9.17) is 15.7 Å². The smallest absolute Gasteiger partial charge is 0.122 e. The summed E-state index contributed by atoms with van der Waals surface area (Å²) in [5, 5.41) is 8.40. The predicted molar refractivity (Wildman–Crippen MR) is 64.1 cm³/mol. The SMILES string of the molecule is Cc1cc([C@@H](C)N)ccc1OCCCC#N. The van der Waals surface area contributed by atoms with Gasteiger partial charge in [0.25, 0.3) is 0 Å². The lowest BCUT2D eigenvalue weighted by Crippen LogP contribution is -2.06. The third-order valence-electron chi connectivity index (χ3n) is 2.42. The number of nitrogens with two attached hydrogens (primary N) is 1. The van der Waals surface area contributed by atoms with Crippen molar-refractivity contribution in [2.24, 2.45) is 5.73 Å². The van der Waals surface area contributed by atoms with Crippen LogP contribution in [0.4, 0.5) is 0 Å². The molecule has 2 N–H and O–H groups in total. The molecule has 1 aromatic rings. The zero-order valence-corrected chi connectivity index (χ0v) is 9.86. The third-order valence-corrected chi connectivity index (χ3v) is 2.42. The van der Waals surface area contributed by atoms with Crippen molar-refractivity contribution in [3.8, 4) is 11.8 Å². The van der Waals surface area contributed by atoms with Gasteiger partial charge in [0.2, 0.25) is 0 Å². The lowest BCUT2D eigenvalue weighted by Gasteiger charge is -2.11. The highest BCUT2D eigenvalue weighted by Gasteiger charge is 2.03. The number of hydrogen-bond acceptors (Lipinski definition) is 3. The zero-order valence-electron chi connectivity index (χ0n) is 9.86. The molecule has 0 aliphatic heterocycles. The Balaban J connectivity index is 2.58. The molecule has 0 radical (unpaired) electrons. The van der Waals surface area contributed by atoms with Crippen LogP contribution in [0, 0.1) is 18.3 Å². The molecule has 0 saturated heterocycles. The molecule has 0 aromatic heterocycles. The first-order valence-corrected chi connectivity index (χ1v) is 5.51. The number of unbranched alkanes of at least 4 members (excludes halogenated alkanes) is 1. The van der Waals surface area contributed by atoms with Crippen LogP contribution in [0.2, 0.25) is 0 Å². The number of hydrogen-bond donors (Lipinski definition) is 1. The molecule has 0 aliphatic carbocycles. The van der Waals surface area contributed by atoms with E-state index in [9.17, 15) is 0 Å². The van der Waals surface area contributed by atoms with Gasteiger partial charge in [-0.1, -0.05) is 12.1 Å². The molecule has 0 fully saturated rings. The van der Waals surface area contributed by atoms with Crippen molar-refractivity contribution >= 4 is 0 Å². The first-order valence-electron chi connectivity index (χ1n) is 5.51. The van der Waals surface area contributed by atoms with Crippen molar-refractivity contribution in [3.05, 3.63) is 29.3 Å². The van der Waals surface area contributed by atoms with Crippen molar-refractivity contribution in [3.63, 3.8) is 0 Å². The van der Waals surface area contributed by atoms with E-state index in [2.05, 4.69) is 6.07 Å². The fourth-order valence-electron chi connectivity index (χ4n) is 1.45. The van der Waals surface area contributed by atoms with Crippen LogP contribution in [0.3, 0.4) is 0 Å². The number of rotatable bonds is 5. The van der Waals surface area contributed by atoms with E-state index < -0.39 is 0 Å². The van der Waals surface area contributed by atoms with Gasteiger partial charge in [0, 0.05) is 12.5 Å². The second kappa shape index (κ2) is 6.14. The maximum absolute atomic E-state index is 8.40. The van der Waals surface area contributed by atoms with Crippen LogP contribution >= 0.6 is 0 Å². The molecular formula is C13H18N2O. The van der Waals surface area contributed by atoms with Gasteiger partial charge in [-0.25, -0.2) is 0 Å². The summed E-state index contributed by atoms with van der Waals surface area (Å²) in [6.07, 6.45) is 1.31. The largest absolute Gasteiger partial charge is 0.493 e. The average Bonchev–Trinajstić information content (AvgIpc) is 2.26. The van der Waals surface area contributed by atoms with Crippen molar-refractivity contribution in [1.82, 2.24) is 0 Å². The zero-order chi connectivity index (χ0) is 12.0. The number of aryl methyl sites for hydroxylation is 1. The highest BCUT2D eigenvalue weighted by Crippen LogP contribution is 2.21. The Morgan fingerprint density at radius 3 is 2.81 bits per heavy atom. The molecule has 1 rings (SSSR count). The van der Waals surface area contributed by atoms with E-state index in [0.717, 1.165) is 23.3 Å². The quantitative estimate of drug-likeness (QED) is 0.773. The lowest BCUT2D eigenvalue weighted by molar-refractivity contribution is 0.310. The van der Waals surface area contributed by atoms with Gasteiger partial charge in [-0.15, -0.1) is 0 Å². The second-order valence-corrected chi connectivity index (χ2v) is 3.92. The predicted octanol–water partition coefficient (Wildman–Crippen LogP) is 2.70. The van der Waals surface area contributed by atoms with E-state index in [1.807, 2.05) is 32.0 Å². The van der Waals surface area contributed by atoms with Crippen LogP contribution in [0.15, 0.2) is 18.2 Å². The molecule has 1 atom stereocenters. The number of ether oxygens (including phenoxy) is 1. The van der Waals surface area contributed by atoms with Gasteiger partial charge < -0.3 is 10.5 Å². The monoisotopic (exact) mass is 218 g/mol. The fourth-order valence-corrected chi connectivity index (χ4v) is 1.45. The van der Waals surface area contributed by atoms with Crippen LogP contribution in [0.1, 0.15) is 36.9 Å². The van der Waals surface area contributed by atoms with Crippen molar-refractivity contribution in [2.75, 3.05) is 6.61 Å². The highest BCUT2D eigenvalue weighted by molar-refractivity contribution is 5.37. The molecule has 0 amide bonds. The maximum atomic E-state index is 8.40. The van der Waals surface area contributed by atoms with Crippen molar-refractivity contribution < 1.29 is 4.74 Å². The molecule has 0 heterocycles. The maximum Gasteiger partial charge on any atom is 0.122 e. The molecule has 1 aromatic carbocycles. The van der Waals surface area contributed by atoms with Crippen LogP contribution in [0.25, 0.3) is 0 Å².